The minimum absolute atomic E-state index is 0.120. The Kier molecular flexibility index (Phi) is 5.15. The first-order valence-electron chi connectivity index (χ1n) is 6.49. The lowest BCUT2D eigenvalue weighted by Crippen LogP contribution is -2.32. The van der Waals surface area contributed by atoms with Gasteiger partial charge in [-0.05, 0) is 31.5 Å². The summed E-state index contributed by atoms with van der Waals surface area (Å²) in [6.45, 7) is 4.63. The van der Waals surface area contributed by atoms with Crippen LogP contribution in [0.4, 0.5) is 4.39 Å². The van der Waals surface area contributed by atoms with Gasteiger partial charge >= 0.3 is 0 Å². The number of ether oxygens (including phenoxy) is 1. The van der Waals surface area contributed by atoms with E-state index < -0.39 is 0 Å². The van der Waals surface area contributed by atoms with Crippen molar-refractivity contribution in [1.29, 1.82) is 0 Å². The Hall–Kier alpha value is -0.450. The molecule has 0 amide bonds. The van der Waals surface area contributed by atoms with E-state index in [1.165, 1.54) is 6.07 Å². The fraction of sp³-hybridized carbons (Fsp3) is 0.571. The van der Waals surface area contributed by atoms with Crippen molar-refractivity contribution in [3.05, 3.63) is 34.1 Å². The predicted octanol–water partition coefficient (Wildman–Crippen LogP) is 3.67. The molecule has 1 aliphatic heterocycles. The van der Waals surface area contributed by atoms with E-state index in [1.807, 2.05) is 12.1 Å². The molecule has 2 rings (SSSR count). The van der Waals surface area contributed by atoms with Gasteiger partial charge in [0.2, 0.25) is 0 Å². The van der Waals surface area contributed by atoms with Crippen molar-refractivity contribution in [2.24, 2.45) is 5.92 Å². The first-order chi connectivity index (χ1) is 8.72. The maximum atomic E-state index is 14.0. The van der Waals surface area contributed by atoms with Crippen molar-refractivity contribution in [1.82, 2.24) is 5.32 Å². The second-order valence-corrected chi connectivity index (χ2v) is 5.58. The van der Waals surface area contributed by atoms with Crippen LogP contribution in [0.2, 0.25) is 0 Å². The van der Waals surface area contributed by atoms with E-state index in [1.54, 1.807) is 0 Å². The maximum Gasteiger partial charge on any atom is 0.130 e. The molecule has 2 nitrogen and oxygen atoms in total. The van der Waals surface area contributed by atoms with E-state index in [4.69, 9.17) is 4.74 Å². The van der Waals surface area contributed by atoms with Crippen LogP contribution in [-0.2, 0) is 4.74 Å². The van der Waals surface area contributed by atoms with Crippen molar-refractivity contribution in [3.8, 4) is 0 Å². The zero-order chi connectivity index (χ0) is 13.0. The van der Waals surface area contributed by atoms with Gasteiger partial charge in [0.15, 0.2) is 0 Å². The smallest absolute Gasteiger partial charge is 0.130 e. The molecule has 1 N–H and O–H groups in total. The van der Waals surface area contributed by atoms with Gasteiger partial charge < -0.3 is 10.1 Å². The highest BCUT2D eigenvalue weighted by Gasteiger charge is 2.29. The number of halogens is 2. The predicted molar refractivity (Wildman–Crippen MR) is 74.1 cm³/mol. The molecule has 1 fully saturated rings. The van der Waals surface area contributed by atoms with Crippen LogP contribution in [0, 0.1) is 11.7 Å². The van der Waals surface area contributed by atoms with Crippen LogP contribution in [0.15, 0.2) is 22.7 Å². The Bertz CT molecular complexity index is 399. The molecule has 0 aromatic heterocycles. The molecule has 18 heavy (non-hydrogen) atoms. The summed E-state index contributed by atoms with van der Waals surface area (Å²) in [4.78, 5) is 0. The molecule has 2 unspecified atom stereocenters. The quantitative estimate of drug-likeness (QED) is 0.915. The molecule has 1 aliphatic rings. The molecule has 1 aromatic carbocycles. The average Bonchev–Trinajstić information content (AvgIpc) is 2.37. The monoisotopic (exact) mass is 315 g/mol. The van der Waals surface area contributed by atoms with Crippen molar-refractivity contribution in [2.75, 3.05) is 19.7 Å². The number of rotatable bonds is 4. The van der Waals surface area contributed by atoms with Crippen molar-refractivity contribution in [3.63, 3.8) is 0 Å². The van der Waals surface area contributed by atoms with Crippen LogP contribution in [0.25, 0.3) is 0 Å². The Morgan fingerprint density at radius 1 is 1.50 bits per heavy atom. The van der Waals surface area contributed by atoms with Gasteiger partial charge in [-0.25, -0.2) is 4.39 Å². The molecule has 100 valence electrons. The molecular formula is C14H19BrFNO. The average molecular weight is 316 g/mol. The molecule has 0 spiro atoms. The standard InChI is InChI=1S/C14H19BrFNO/c1-2-17-9-10-4-3-7-18-14(10)12-6-5-11(15)8-13(12)16/h5-6,8,10,14,17H,2-4,7,9H2,1H3. The fourth-order valence-electron chi connectivity index (χ4n) is 2.46. The maximum absolute atomic E-state index is 14.0. The highest BCUT2D eigenvalue weighted by Crippen LogP contribution is 2.35. The Morgan fingerprint density at radius 3 is 3.06 bits per heavy atom. The first-order valence-corrected chi connectivity index (χ1v) is 7.29. The summed E-state index contributed by atoms with van der Waals surface area (Å²) in [5, 5.41) is 3.34. The highest BCUT2D eigenvalue weighted by atomic mass is 79.9. The van der Waals surface area contributed by atoms with Gasteiger partial charge in [0.1, 0.15) is 5.82 Å². The van der Waals surface area contributed by atoms with Crippen molar-refractivity contribution >= 4 is 15.9 Å². The molecule has 0 saturated carbocycles. The number of hydrogen-bond acceptors (Lipinski definition) is 2. The third-order valence-electron chi connectivity index (χ3n) is 3.37. The lowest BCUT2D eigenvalue weighted by atomic mass is 9.89. The summed E-state index contributed by atoms with van der Waals surface area (Å²) in [5.74, 6) is 0.173. The Balaban J connectivity index is 2.16. The van der Waals surface area contributed by atoms with Gasteiger partial charge in [0, 0.05) is 29.1 Å². The summed E-state index contributed by atoms with van der Waals surface area (Å²) >= 11 is 3.28. The third kappa shape index (κ3) is 3.31. The molecular weight excluding hydrogens is 297 g/mol. The van der Waals surface area contributed by atoms with E-state index in [2.05, 4.69) is 28.2 Å². The lowest BCUT2D eigenvalue weighted by molar-refractivity contribution is -0.0295. The fourth-order valence-corrected chi connectivity index (χ4v) is 2.79. The van der Waals surface area contributed by atoms with Gasteiger partial charge in [-0.15, -0.1) is 0 Å². The SMILES string of the molecule is CCNCC1CCCOC1c1ccc(Br)cc1F. The summed E-state index contributed by atoms with van der Waals surface area (Å²) < 4.78 is 20.6. The second-order valence-electron chi connectivity index (χ2n) is 4.67. The highest BCUT2D eigenvalue weighted by molar-refractivity contribution is 9.10. The molecule has 1 aromatic rings. The Morgan fingerprint density at radius 2 is 2.33 bits per heavy atom. The van der Waals surface area contributed by atoms with Crippen LogP contribution >= 0.6 is 15.9 Å². The van der Waals surface area contributed by atoms with E-state index in [0.717, 1.165) is 37.0 Å². The normalized spacial score (nSPS) is 24.2. The van der Waals surface area contributed by atoms with Crippen molar-refractivity contribution in [2.45, 2.75) is 25.9 Å². The topological polar surface area (TPSA) is 21.3 Å². The van der Waals surface area contributed by atoms with Gasteiger partial charge in [0.05, 0.1) is 6.10 Å². The van der Waals surface area contributed by atoms with E-state index >= 15 is 0 Å². The van der Waals surface area contributed by atoms with Crippen LogP contribution in [0.1, 0.15) is 31.4 Å². The summed E-state index contributed by atoms with van der Waals surface area (Å²) in [5.41, 5.74) is 0.681. The number of nitrogens with one attached hydrogen (secondary N) is 1. The minimum Gasteiger partial charge on any atom is -0.373 e. The van der Waals surface area contributed by atoms with Crippen LogP contribution in [0.3, 0.4) is 0 Å². The third-order valence-corrected chi connectivity index (χ3v) is 3.86. The number of hydrogen-bond donors (Lipinski definition) is 1. The largest absolute Gasteiger partial charge is 0.373 e. The molecule has 0 bridgehead atoms. The Labute approximate surface area is 116 Å². The summed E-state index contributed by atoms with van der Waals surface area (Å²) in [6.07, 6.45) is 2.03. The van der Waals surface area contributed by atoms with Crippen LogP contribution in [-0.4, -0.2) is 19.7 Å². The molecule has 1 saturated heterocycles. The molecule has 0 radical (unpaired) electrons. The van der Waals surface area contributed by atoms with Gasteiger partial charge in [0.25, 0.3) is 0 Å². The van der Waals surface area contributed by atoms with E-state index in [0.29, 0.717) is 11.5 Å². The minimum atomic E-state index is -0.183. The van der Waals surface area contributed by atoms with Crippen LogP contribution < -0.4 is 5.32 Å². The van der Waals surface area contributed by atoms with Crippen LogP contribution in [0.5, 0.6) is 0 Å². The molecule has 0 aliphatic carbocycles. The van der Waals surface area contributed by atoms with E-state index in [-0.39, 0.29) is 11.9 Å². The van der Waals surface area contributed by atoms with Crippen molar-refractivity contribution < 1.29 is 9.13 Å². The van der Waals surface area contributed by atoms with Gasteiger partial charge in [-0.2, -0.15) is 0 Å². The zero-order valence-corrected chi connectivity index (χ0v) is 12.2. The van der Waals surface area contributed by atoms with Gasteiger partial charge in [-0.1, -0.05) is 28.9 Å². The lowest BCUT2D eigenvalue weighted by Gasteiger charge is -2.32. The molecule has 2 atom stereocenters. The summed E-state index contributed by atoms with van der Waals surface area (Å²) in [7, 11) is 0. The second kappa shape index (κ2) is 6.64. The molecule has 4 heteroatoms. The summed E-state index contributed by atoms with van der Waals surface area (Å²) in [6, 6.07) is 5.21. The number of benzene rings is 1. The van der Waals surface area contributed by atoms with E-state index in [9.17, 15) is 4.39 Å². The van der Waals surface area contributed by atoms with Gasteiger partial charge in [-0.3, -0.25) is 0 Å². The first kappa shape index (κ1) is 14.0. The molecule has 1 heterocycles. The zero-order valence-electron chi connectivity index (χ0n) is 10.6.